The third-order valence-electron chi connectivity index (χ3n) is 3.26. The van der Waals surface area contributed by atoms with Crippen LogP contribution in [0.15, 0.2) is 53.1 Å². The molecular formula is C17H17F2NO4. The van der Waals surface area contributed by atoms with Gasteiger partial charge in [-0.3, -0.25) is 9.59 Å². The number of rotatable bonds is 8. The number of benzene rings is 1. The van der Waals surface area contributed by atoms with Crippen molar-refractivity contribution >= 4 is 17.4 Å². The fourth-order valence-electron chi connectivity index (χ4n) is 2.12. The molecule has 128 valence electrons. The van der Waals surface area contributed by atoms with E-state index in [4.69, 9.17) is 4.42 Å². The van der Waals surface area contributed by atoms with Crippen molar-refractivity contribution in [2.75, 3.05) is 11.9 Å². The molecule has 0 amide bonds. The number of hydrogen-bond donors (Lipinski definition) is 1. The highest BCUT2D eigenvalue weighted by molar-refractivity contribution is 6.00. The summed E-state index contributed by atoms with van der Waals surface area (Å²) in [4.78, 5) is 23.3. The van der Waals surface area contributed by atoms with Crippen LogP contribution in [0.1, 0.15) is 25.1 Å². The number of furan rings is 1. The Morgan fingerprint density at radius 1 is 1.21 bits per heavy atom. The summed E-state index contributed by atoms with van der Waals surface area (Å²) in [6.07, 6.45) is 0.232. The summed E-state index contributed by atoms with van der Waals surface area (Å²) < 4.78 is 38.9. The first-order chi connectivity index (χ1) is 11.4. The Kier molecular flexibility index (Phi) is 5.68. The van der Waals surface area contributed by atoms with E-state index in [2.05, 4.69) is 10.1 Å². The Morgan fingerprint density at radius 2 is 1.92 bits per heavy atom. The fourth-order valence-corrected chi connectivity index (χ4v) is 2.12. The molecular weight excluding hydrogens is 320 g/mol. The SMILES string of the molecule is CCOC(=O)CC(=O)C(F)(F)C(Nc1ccccc1)c1ccco1. The number of carbonyl (C=O) groups is 2. The Labute approximate surface area is 137 Å². The average molecular weight is 337 g/mol. The van der Waals surface area contributed by atoms with Crippen molar-refractivity contribution < 1.29 is 27.5 Å². The first kappa shape index (κ1) is 17.7. The molecule has 2 rings (SSSR count). The zero-order valence-electron chi connectivity index (χ0n) is 13.0. The molecule has 0 spiro atoms. The lowest BCUT2D eigenvalue weighted by Crippen LogP contribution is -2.40. The van der Waals surface area contributed by atoms with Gasteiger partial charge < -0.3 is 14.5 Å². The van der Waals surface area contributed by atoms with Gasteiger partial charge in [-0.1, -0.05) is 18.2 Å². The number of anilines is 1. The Morgan fingerprint density at radius 3 is 2.50 bits per heavy atom. The topological polar surface area (TPSA) is 68.5 Å². The number of para-hydroxylation sites is 1. The second kappa shape index (κ2) is 7.72. The Bertz CT molecular complexity index is 671. The number of hydrogen-bond acceptors (Lipinski definition) is 5. The minimum Gasteiger partial charge on any atom is -0.467 e. The summed E-state index contributed by atoms with van der Waals surface area (Å²) in [6, 6.07) is 9.28. The standard InChI is InChI=1S/C17H17F2NO4/c1-2-23-15(22)11-14(21)17(18,19)16(13-9-6-10-24-13)20-12-7-4-3-5-8-12/h3-10,16,20H,2,11H2,1H3. The summed E-state index contributed by atoms with van der Waals surface area (Å²) in [7, 11) is 0. The van der Waals surface area contributed by atoms with Crippen LogP contribution in [-0.2, 0) is 14.3 Å². The molecule has 0 aliphatic heterocycles. The van der Waals surface area contributed by atoms with Gasteiger partial charge in [0.15, 0.2) is 6.04 Å². The van der Waals surface area contributed by atoms with Crippen molar-refractivity contribution in [3.63, 3.8) is 0 Å². The third-order valence-corrected chi connectivity index (χ3v) is 3.26. The molecule has 1 N–H and O–H groups in total. The fraction of sp³-hybridized carbons (Fsp3) is 0.294. The molecule has 1 unspecified atom stereocenters. The van der Waals surface area contributed by atoms with Gasteiger partial charge in [0.05, 0.1) is 12.9 Å². The van der Waals surface area contributed by atoms with Gasteiger partial charge in [0.25, 0.3) is 0 Å². The van der Waals surface area contributed by atoms with Gasteiger partial charge in [-0.2, -0.15) is 8.78 Å². The van der Waals surface area contributed by atoms with Gasteiger partial charge in [-0.15, -0.1) is 0 Å². The van der Waals surface area contributed by atoms with E-state index in [1.54, 1.807) is 30.3 Å². The lowest BCUT2D eigenvalue weighted by molar-refractivity contribution is -0.155. The molecule has 0 bridgehead atoms. The van der Waals surface area contributed by atoms with Crippen LogP contribution in [0.4, 0.5) is 14.5 Å². The van der Waals surface area contributed by atoms with Crippen LogP contribution >= 0.6 is 0 Å². The van der Waals surface area contributed by atoms with Crippen LogP contribution in [0.5, 0.6) is 0 Å². The maximum Gasteiger partial charge on any atom is 0.332 e. The van der Waals surface area contributed by atoms with Crippen LogP contribution in [0.3, 0.4) is 0 Å². The maximum atomic E-state index is 14.7. The number of ketones is 1. The predicted octanol–water partition coefficient (Wildman–Crippen LogP) is 3.59. The quantitative estimate of drug-likeness (QED) is 0.589. The molecule has 1 atom stereocenters. The van der Waals surface area contributed by atoms with E-state index in [1.807, 2.05) is 0 Å². The van der Waals surface area contributed by atoms with Crippen LogP contribution in [0.2, 0.25) is 0 Å². The molecule has 2 aromatic rings. The monoisotopic (exact) mass is 337 g/mol. The number of halogens is 2. The normalized spacial score (nSPS) is 12.5. The van der Waals surface area contributed by atoms with E-state index in [0.717, 1.165) is 0 Å². The second-order valence-electron chi connectivity index (χ2n) is 4.99. The zero-order valence-corrected chi connectivity index (χ0v) is 13.0. The highest BCUT2D eigenvalue weighted by Crippen LogP contribution is 2.36. The molecule has 1 aromatic heterocycles. The molecule has 0 radical (unpaired) electrons. The Hall–Kier alpha value is -2.70. The molecule has 5 nitrogen and oxygen atoms in total. The first-order valence-corrected chi connectivity index (χ1v) is 7.37. The minimum atomic E-state index is -3.86. The van der Waals surface area contributed by atoms with Crippen LogP contribution in [0, 0.1) is 0 Å². The number of esters is 1. The summed E-state index contributed by atoms with van der Waals surface area (Å²) in [5, 5.41) is 2.59. The first-order valence-electron chi connectivity index (χ1n) is 7.37. The van der Waals surface area contributed by atoms with Crippen molar-refractivity contribution in [1.29, 1.82) is 0 Å². The molecule has 1 heterocycles. The van der Waals surface area contributed by atoms with E-state index in [1.165, 1.54) is 25.3 Å². The largest absolute Gasteiger partial charge is 0.467 e. The lowest BCUT2D eigenvalue weighted by Gasteiger charge is -2.25. The number of alkyl halides is 2. The van der Waals surface area contributed by atoms with E-state index in [0.29, 0.717) is 5.69 Å². The Balaban J connectivity index is 2.25. The second-order valence-corrected chi connectivity index (χ2v) is 4.99. The van der Waals surface area contributed by atoms with E-state index < -0.39 is 30.1 Å². The van der Waals surface area contributed by atoms with Gasteiger partial charge in [-0.25, -0.2) is 0 Å². The molecule has 0 fully saturated rings. The van der Waals surface area contributed by atoms with Gasteiger partial charge >= 0.3 is 11.9 Å². The third kappa shape index (κ3) is 4.18. The van der Waals surface area contributed by atoms with E-state index in [-0.39, 0.29) is 12.4 Å². The van der Waals surface area contributed by atoms with Crippen LogP contribution in [-0.4, -0.2) is 24.3 Å². The number of ether oxygens (including phenoxy) is 1. The molecule has 24 heavy (non-hydrogen) atoms. The molecule has 0 aliphatic carbocycles. The van der Waals surface area contributed by atoms with Crippen molar-refractivity contribution in [1.82, 2.24) is 0 Å². The summed E-state index contributed by atoms with van der Waals surface area (Å²) in [5.41, 5.74) is 0.391. The van der Waals surface area contributed by atoms with Gasteiger partial charge in [0, 0.05) is 5.69 Å². The molecule has 1 aromatic carbocycles. The molecule has 0 saturated heterocycles. The summed E-state index contributed by atoms with van der Waals surface area (Å²) in [6.45, 7) is 1.55. The zero-order chi connectivity index (χ0) is 17.6. The molecule has 0 aliphatic rings. The van der Waals surface area contributed by atoms with Crippen molar-refractivity contribution in [3.05, 3.63) is 54.5 Å². The van der Waals surface area contributed by atoms with Crippen LogP contribution in [0.25, 0.3) is 0 Å². The smallest absolute Gasteiger partial charge is 0.332 e. The van der Waals surface area contributed by atoms with Gasteiger partial charge in [0.2, 0.25) is 5.78 Å². The molecule has 0 saturated carbocycles. The number of Topliss-reactive ketones (excluding diaryl/α,β-unsaturated/α-hetero) is 1. The minimum absolute atomic E-state index is 0.0154. The van der Waals surface area contributed by atoms with E-state index in [9.17, 15) is 18.4 Å². The number of nitrogens with one attached hydrogen (secondary N) is 1. The highest BCUT2D eigenvalue weighted by Gasteiger charge is 2.49. The van der Waals surface area contributed by atoms with Gasteiger partial charge in [-0.05, 0) is 31.2 Å². The molecule has 7 heteroatoms. The van der Waals surface area contributed by atoms with Crippen molar-refractivity contribution in [2.45, 2.75) is 25.3 Å². The van der Waals surface area contributed by atoms with Gasteiger partial charge in [0.1, 0.15) is 12.2 Å². The van der Waals surface area contributed by atoms with Crippen LogP contribution < -0.4 is 5.32 Å². The maximum absolute atomic E-state index is 14.7. The van der Waals surface area contributed by atoms with Crippen molar-refractivity contribution in [3.8, 4) is 0 Å². The summed E-state index contributed by atoms with van der Waals surface area (Å²) in [5.74, 6) is -6.49. The van der Waals surface area contributed by atoms with Crippen molar-refractivity contribution in [2.24, 2.45) is 0 Å². The van der Waals surface area contributed by atoms with E-state index >= 15 is 0 Å². The number of carbonyl (C=O) groups excluding carboxylic acids is 2. The lowest BCUT2D eigenvalue weighted by atomic mass is 10.0. The highest BCUT2D eigenvalue weighted by atomic mass is 19.3. The predicted molar refractivity (Wildman–Crippen MR) is 82.7 cm³/mol. The average Bonchev–Trinajstić information content (AvgIpc) is 3.07. The summed E-state index contributed by atoms with van der Waals surface area (Å²) >= 11 is 0.